The average Bonchev–Trinajstić information content (AvgIpc) is 3.07. The van der Waals surface area contributed by atoms with Gasteiger partial charge in [0.25, 0.3) is 0 Å². The van der Waals surface area contributed by atoms with E-state index in [4.69, 9.17) is 10.5 Å². The van der Waals surface area contributed by atoms with Gasteiger partial charge in [-0.2, -0.15) is 0 Å². The summed E-state index contributed by atoms with van der Waals surface area (Å²) in [5.41, 5.74) is 5.52. The first-order chi connectivity index (χ1) is 9.19. The van der Waals surface area contributed by atoms with Crippen molar-refractivity contribution in [3.05, 3.63) is 0 Å². The van der Waals surface area contributed by atoms with Gasteiger partial charge in [-0.15, -0.1) is 0 Å². The molecule has 5 atom stereocenters. The Hall–Kier alpha value is -0.650. The SMILES string of the molecule is CN1[C@@H]2CCC[C@H]1[C@H]1[C@@H]2C1(C(N)=O)N1CCOCC1. The Morgan fingerprint density at radius 2 is 1.79 bits per heavy atom. The van der Waals surface area contributed by atoms with Gasteiger partial charge in [0.15, 0.2) is 0 Å². The third-order valence-electron chi connectivity index (χ3n) is 6.10. The largest absolute Gasteiger partial charge is 0.379 e. The molecule has 1 amide bonds. The highest BCUT2D eigenvalue weighted by molar-refractivity contribution is 5.90. The maximum Gasteiger partial charge on any atom is 0.238 e. The van der Waals surface area contributed by atoms with Crippen molar-refractivity contribution in [3.63, 3.8) is 0 Å². The minimum absolute atomic E-state index is 0.0885. The van der Waals surface area contributed by atoms with Crippen LogP contribution in [0.3, 0.4) is 0 Å². The van der Waals surface area contributed by atoms with Crippen LogP contribution in [0.2, 0.25) is 0 Å². The third kappa shape index (κ3) is 1.33. The molecule has 2 bridgehead atoms. The van der Waals surface area contributed by atoms with E-state index in [1.165, 1.54) is 19.3 Å². The number of nitrogens with zero attached hydrogens (tertiary/aromatic N) is 2. The fourth-order valence-corrected chi connectivity index (χ4v) is 5.39. The molecule has 0 aromatic heterocycles. The van der Waals surface area contributed by atoms with Gasteiger partial charge in [0.2, 0.25) is 5.91 Å². The number of piperidine rings is 2. The Bertz CT molecular complexity index is 389. The summed E-state index contributed by atoms with van der Waals surface area (Å²) in [6.07, 6.45) is 3.77. The molecule has 1 aliphatic carbocycles. The predicted molar refractivity (Wildman–Crippen MR) is 70.5 cm³/mol. The Balaban J connectivity index is 1.67. The van der Waals surface area contributed by atoms with Crippen LogP contribution in [-0.4, -0.2) is 66.7 Å². The van der Waals surface area contributed by atoms with E-state index in [9.17, 15) is 4.79 Å². The molecule has 4 rings (SSSR count). The second kappa shape index (κ2) is 3.93. The van der Waals surface area contributed by atoms with Crippen molar-refractivity contribution in [1.82, 2.24) is 9.80 Å². The van der Waals surface area contributed by atoms with E-state index >= 15 is 0 Å². The summed E-state index contributed by atoms with van der Waals surface area (Å²) in [5, 5.41) is 0. The Kier molecular flexibility index (Phi) is 2.51. The van der Waals surface area contributed by atoms with Crippen LogP contribution >= 0.6 is 0 Å². The van der Waals surface area contributed by atoms with Gasteiger partial charge < -0.3 is 10.5 Å². The van der Waals surface area contributed by atoms with Crippen LogP contribution in [-0.2, 0) is 9.53 Å². The number of hydrogen-bond acceptors (Lipinski definition) is 4. The molecule has 4 aliphatic rings. The number of amides is 1. The van der Waals surface area contributed by atoms with Gasteiger partial charge in [0.1, 0.15) is 5.54 Å². The lowest BCUT2D eigenvalue weighted by Gasteiger charge is -2.43. The molecule has 1 saturated carbocycles. The molecule has 3 aliphatic heterocycles. The number of nitrogens with two attached hydrogens (primary N) is 1. The van der Waals surface area contributed by atoms with Crippen LogP contribution in [0.1, 0.15) is 19.3 Å². The van der Waals surface area contributed by atoms with Crippen molar-refractivity contribution in [3.8, 4) is 0 Å². The normalized spacial score (nSPS) is 49.9. The van der Waals surface area contributed by atoms with Gasteiger partial charge in [-0.25, -0.2) is 0 Å². The van der Waals surface area contributed by atoms with Crippen LogP contribution in [0.15, 0.2) is 0 Å². The first kappa shape index (κ1) is 12.1. The van der Waals surface area contributed by atoms with Crippen molar-refractivity contribution in [2.24, 2.45) is 17.6 Å². The Labute approximate surface area is 114 Å². The molecular weight excluding hydrogens is 242 g/mol. The van der Waals surface area contributed by atoms with Crippen LogP contribution in [0.5, 0.6) is 0 Å². The van der Waals surface area contributed by atoms with Crippen molar-refractivity contribution in [2.45, 2.75) is 36.9 Å². The zero-order chi connectivity index (χ0) is 13.2. The molecule has 0 aromatic rings. The van der Waals surface area contributed by atoms with Crippen molar-refractivity contribution in [2.75, 3.05) is 33.4 Å². The Morgan fingerprint density at radius 1 is 1.21 bits per heavy atom. The molecule has 19 heavy (non-hydrogen) atoms. The monoisotopic (exact) mass is 265 g/mol. The summed E-state index contributed by atoms with van der Waals surface area (Å²) in [6.45, 7) is 3.19. The standard InChI is InChI=1S/C14H23N3O2/c1-16-9-3-2-4-10(16)12-11(9)14(12,13(15)18)17-5-7-19-8-6-17/h9-12H,2-8H2,1H3,(H2,15,18)/t9-,10+,11-,12+,14?. The number of rotatable bonds is 2. The van der Waals surface area contributed by atoms with Crippen molar-refractivity contribution >= 4 is 5.91 Å². The number of ether oxygens (including phenoxy) is 1. The van der Waals surface area contributed by atoms with Crippen LogP contribution in [0.25, 0.3) is 0 Å². The summed E-state index contributed by atoms with van der Waals surface area (Å²) in [7, 11) is 2.23. The van der Waals surface area contributed by atoms with Gasteiger partial charge in [0.05, 0.1) is 13.2 Å². The molecule has 0 spiro atoms. The molecule has 2 N–H and O–H groups in total. The fraction of sp³-hybridized carbons (Fsp3) is 0.929. The maximum atomic E-state index is 12.3. The lowest BCUT2D eigenvalue weighted by molar-refractivity contribution is -0.130. The number of hydrogen-bond donors (Lipinski definition) is 1. The molecular formula is C14H23N3O2. The average molecular weight is 265 g/mol. The van der Waals surface area contributed by atoms with Gasteiger partial charge in [0, 0.05) is 37.0 Å². The first-order valence-electron chi connectivity index (χ1n) is 7.53. The van der Waals surface area contributed by atoms with Gasteiger partial charge in [-0.3, -0.25) is 14.6 Å². The number of carbonyl (C=O) groups is 1. The summed E-state index contributed by atoms with van der Waals surface area (Å²) in [6, 6.07) is 1.14. The fourth-order valence-electron chi connectivity index (χ4n) is 5.39. The van der Waals surface area contributed by atoms with Gasteiger partial charge in [-0.05, 0) is 19.9 Å². The van der Waals surface area contributed by atoms with E-state index in [1.807, 2.05) is 0 Å². The number of fused-ring (bicyclic) bond motifs is 5. The van der Waals surface area contributed by atoms with E-state index in [-0.39, 0.29) is 11.4 Å². The van der Waals surface area contributed by atoms with Crippen LogP contribution in [0, 0.1) is 11.8 Å². The smallest absolute Gasteiger partial charge is 0.238 e. The van der Waals surface area contributed by atoms with Crippen LogP contribution < -0.4 is 5.73 Å². The third-order valence-corrected chi connectivity index (χ3v) is 6.10. The number of carbonyl (C=O) groups excluding carboxylic acids is 1. The quantitative estimate of drug-likeness (QED) is 0.742. The number of morpholine rings is 1. The lowest BCUT2D eigenvalue weighted by Crippen LogP contribution is -2.59. The molecule has 5 nitrogen and oxygen atoms in total. The summed E-state index contributed by atoms with van der Waals surface area (Å²) in [5.74, 6) is 0.857. The first-order valence-corrected chi connectivity index (χ1v) is 7.53. The van der Waals surface area contributed by atoms with Gasteiger partial charge in [-0.1, -0.05) is 6.42 Å². The van der Waals surface area contributed by atoms with Crippen molar-refractivity contribution in [1.29, 1.82) is 0 Å². The molecule has 1 unspecified atom stereocenters. The van der Waals surface area contributed by atoms with E-state index in [1.54, 1.807) is 0 Å². The number of primary amides is 1. The second-order valence-electron chi connectivity index (χ2n) is 6.57. The van der Waals surface area contributed by atoms with E-state index < -0.39 is 0 Å². The van der Waals surface area contributed by atoms with E-state index in [0.717, 1.165) is 26.3 Å². The molecule has 4 fully saturated rings. The highest BCUT2D eigenvalue weighted by Crippen LogP contribution is 2.67. The highest BCUT2D eigenvalue weighted by Gasteiger charge is 2.80. The molecule has 3 saturated heterocycles. The summed E-state index contributed by atoms with van der Waals surface area (Å²) in [4.78, 5) is 17.1. The van der Waals surface area contributed by atoms with Crippen molar-refractivity contribution < 1.29 is 9.53 Å². The topological polar surface area (TPSA) is 58.8 Å². The lowest BCUT2D eigenvalue weighted by atomic mass is 9.90. The summed E-state index contributed by atoms with van der Waals surface area (Å²) < 4.78 is 5.44. The predicted octanol–water partition coefficient (Wildman–Crippen LogP) is -0.345. The molecule has 0 radical (unpaired) electrons. The van der Waals surface area contributed by atoms with E-state index in [0.29, 0.717) is 23.9 Å². The van der Waals surface area contributed by atoms with Gasteiger partial charge >= 0.3 is 0 Å². The summed E-state index contributed by atoms with van der Waals surface area (Å²) >= 11 is 0. The second-order valence-corrected chi connectivity index (χ2v) is 6.57. The molecule has 106 valence electrons. The molecule has 0 aromatic carbocycles. The maximum absolute atomic E-state index is 12.3. The van der Waals surface area contributed by atoms with E-state index in [2.05, 4.69) is 16.8 Å². The minimum Gasteiger partial charge on any atom is -0.379 e. The molecule has 5 heteroatoms. The highest BCUT2D eigenvalue weighted by atomic mass is 16.5. The Morgan fingerprint density at radius 3 is 2.32 bits per heavy atom. The zero-order valence-electron chi connectivity index (χ0n) is 11.5. The molecule has 3 heterocycles. The minimum atomic E-state index is -0.341. The van der Waals surface area contributed by atoms with Crippen LogP contribution in [0.4, 0.5) is 0 Å². The zero-order valence-corrected chi connectivity index (χ0v) is 11.5.